The number of likely N-dealkylation sites (N-methyl/N-ethyl adjacent to an activating group) is 1. The van der Waals surface area contributed by atoms with Crippen molar-refractivity contribution in [1.29, 1.82) is 0 Å². The molecule has 1 N–H and O–H groups in total. The second-order valence-electron chi connectivity index (χ2n) is 5.93. The zero-order chi connectivity index (χ0) is 15.4. The quantitative estimate of drug-likeness (QED) is 0.917. The van der Waals surface area contributed by atoms with Crippen molar-refractivity contribution in [3.05, 3.63) is 65.7 Å². The molecule has 0 radical (unpaired) electrons. The lowest BCUT2D eigenvalue weighted by Gasteiger charge is -2.24. The molecule has 1 saturated heterocycles. The van der Waals surface area contributed by atoms with Crippen LogP contribution in [0.1, 0.15) is 23.6 Å². The summed E-state index contributed by atoms with van der Waals surface area (Å²) in [5.41, 5.74) is 2.74. The predicted octanol–water partition coefficient (Wildman–Crippen LogP) is 3.23. The SMILES string of the molecule is CN[C@H]1CC(c2ccccc2)N(Cc2ccc(OC)cc2)C1. The molecule has 0 aliphatic carbocycles. The van der Waals surface area contributed by atoms with Gasteiger partial charge in [0.05, 0.1) is 7.11 Å². The summed E-state index contributed by atoms with van der Waals surface area (Å²) in [4.78, 5) is 2.57. The van der Waals surface area contributed by atoms with Crippen LogP contribution in [0.15, 0.2) is 54.6 Å². The van der Waals surface area contributed by atoms with Gasteiger partial charge >= 0.3 is 0 Å². The summed E-state index contributed by atoms with van der Waals surface area (Å²) < 4.78 is 5.24. The van der Waals surface area contributed by atoms with Crippen molar-refractivity contribution in [3.8, 4) is 5.75 Å². The largest absolute Gasteiger partial charge is 0.497 e. The molecule has 1 heterocycles. The molecule has 0 spiro atoms. The molecule has 0 amide bonds. The van der Waals surface area contributed by atoms with Gasteiger partial charge in [-0.25, -0.2) is 0 Å². The summed E-state index contributed by atoms with van der Waals surface area (Å²) in [5, 5.41) is 3.44. The van der Waals surface area contributed by atoms with E-state index < -0.39 is 0 Å². The van der Waals surface area contributed by atoms with Crippen LogP contribution in [0.25, 0.3) is 0 Å². The number of likely N-dealkylation sites (tertiary alicyclic amines) is 1. The first-order chi connectivity index (χ1) is 10.8. The molecule has 1 unspecified atom stereocenters. The van der Waals surface area contributed by atoms with Crippen LogP contribution in [-0.4, -0.2) is 31.6 Å². The molecule has 1 aliphatic heterocycles. The highest BCUT2D eigenvalue weighted by Crippen LogP contribution is 2.33. The maximum Gasteiger partial charge on any atom is 0.118 e. The fraction of sp³-hybridized carbons (Fsp3) is 0.368. The lowest BCUT2D eigenvalue weighted by Crippen LogP contribution is -2.29. The Kier molecular flexibility index (Phi) is 4.76. The summed E-state index contributed by atoms with van der Waals surface area (Å²) in [5.74, 6) is 0.915. The number of hydrogen-bond acceptors (Lipinski definition) is 3. The zero-order valence-electron chi connectivity index (χ0n) is 13.3. The molecule has 3 nitrogen and oxygen atoms in total. The summed E-state index contributed by atoms with van der Waals surface area (Å²) in [6.07, 6.45) is 1.16. The van der Waals surface area contributed by atoms with E-state index in [1.807, 2.05) is 12.1 Å². The van der Waals surface area contributed by atoms with Crippen molar-refractivity contribution < 1.29 is 4.74 Å². The Bertz CT molecular complexity index is 582. The Balaban J connectivity index is 1.77. The van der Waals surface area contributed by atoms with E-state index in [2.05, 4.69) is 59.7 Å². The second-order valence-corrected chi connectivity index (χ2v) is 5.93. The Morgan fingerprint density at radius 3 is 2.45 bits per heavy atom. The van der Waals surface area contributed by atoms with Crippen LogP contribution >= 0.6 is 0 Å². The van der Waals surface area contributed by atoms with E-state index >= 15 is 0 Å². The van der Waals surface area contributed by atoms with E-state index in [0.29, 0.717) is 12.1 Å². The number of ether oxygens (including phenoxy) is 1. The van der Waals surface area contributed by atoms with E-state index in [-0.39, 0.29) is 0 Å². The predicted molar refractivity (Wildman–Crippen MR) is 90.1 cm³/mol. The number of nitrogens with zero attached hydrogens (tertiary/aromatic N) is 1. The third kappa shape index (κ3) is 3.32. The minimum atomic E-state index is 0.487. The van der Waals surface area contributed by atoms with Gasteiger partial charge in [0.1, 0.15) is 5.75 Å². The van der Waals surface area contributed by atoms with E-state index in [0.717, 1.165) is 25.3 Å². The zero-order valence-corrected chi connectivity index (χ0v) is 13.3. The van der Waals surface area contributed by atoms with Crippen LogP contribution in [0, 0.1) is 0 Å². The van der Waals surface area contributed by atoms with Gasteiger partial charge in [-0.2, -0.15) is 0 Å². The summed E-state index contributed by atoms with van der Waals surface area (Å²) in [6.45, 7) is 2.06. The molecule has 2 aromatic carbocycles. The molecule has 1 aliphatic rings. The molecular formula is C19H24N2O. The first-order valence-electron chi connectivity index (χ1n) is 7.89. The molecule has 0 bridgehead atoms. The van der Waals surface area contributed by atoms with E-state index in [1.165, 1.54) is 11.1 Å². The third-order valence-electron chi connectivity index (χ3n) is 4.54. The summed E-state index contributed by atoms with van der Waals surface area (Å²) in [7, 11) is 3.77. The fourth-order valence-electron chi connectivity index (χ4n) is 3.27. The molecule has 116 valence electrons. The molecule has 2 atom stereocenters. The van der Waals surface area contributed by atoms with Crippen LogP contribution in [0.4, 0.5) is 0 Å². The topological polar surface area (TPSA) is 24.5 Å². The number of benzene rings is 2. The van der Waals surface area contributed by atoms with Gasteiger partial charge in [0.25, 0.3) is 0 Å². The Labute approximate surface area is 132 Å². The molecule has 22 heavy (non-hydrogen) atoms. The van der Waals surface area contributed by atoms with E-state index in [9.17, 15) is 0 Å². The van der Waals surface area contributed by atoms with Crippen LogP contribution in [-0.2, 0) is 6.54 Å². The summed E-state index contributed by atoms with van der Waals surface area (Å²) in [6, 6.07) is 20.3. The van der Waals surface area contributed by atoms with E-state index in [4.69, 9.17) is 4.74 Å². The van der Waals surface area contributed by atoms with Crippen LogP contribution in [0.2, 0.25) is 0 Å². The Morgan fingerprint density at radius 2 is 1.82 bits per heavy atom. The van der Waals surface area contributed by atoms with Gasteiger partial charge in [-0.3, -0.25) is 4.90 Å². The number of rotatable bonds is 5. The van der Waals surface area contributed by atoms with Crippen molar-refractivity contribution in [3.63, 3.8) is 0 Å². The molecule has 3 rings (SSSR count). The molecule has 1 fully saturated rings. The van der Waals surface area contributed by atoms with Gasteiger partial charge in [-0.15, -0.1) is 0 Å². The van der Waals surface area contributed by atoms with Crippen molar-refractivity contribution in [2.75, 3.05) is 20.7 Å². The highest BCUT2D eigenvalue weighted by Gasteiger charge is 2.31. The first-order valence-corrected chi connectivity index (χ1v) is 7.89. The van der Waals surface area contributed by atoms with Crippen LogP contribution in [0.5, 0.6) is 5.75 Å². The monoisotopic (exact) mass is 296 g/mol. The lowest BCUT2D eigenvalue weighted by atomic mass is 10.0. The van der Waals surface area contributed by atoms with Gasteiger partial charge in [0.2, 0.25) is 0 Å². The van der Waals surface area contributed by atoms with E-state index in [1.54, 1.807) is 7.11 Å². The second kappa shape index (κ2) is 6.95. The number of methoxy groups -OCH3 is 1. The molecule has 0 aromatic heterocycles. The van der Waals surface area contributed by atoms with Gasteiger partial charge in [0, 0.05) is 25.2 Å². The van der Waals surface area contributed by atoms with Crippen LogP contribution in [0.3, 0.4) is 0 Å². The average Bonchev–Trinajstić information content (AvgIpc) is 2.99. The maximum atomic E-state index is 5.24. The maximum absolute atomic E-state index is 5.24. The molecule has 2 aromatic rings. The minimum Gasteiger partial charge on any atom is -0.497 e. The van der Waals surface area contributed by atoms with Crippen molar-refractivity contribution in [2.24, 2.45) is 0 Å². The highest BCUT2D eigenvalue weighted by molar-refractivity contribution is 5.28. The third-order valence-corrected chi connectivity index (χ3v) is 4.54. The van der Waals surface area contributed by atoms with Gasteiger partial charge in [0.15, 0.2) is 0 Å². The lowest BCUT2D eigenvalue weighted by molar-refractivity contribution is 0.246. The van der Waals surface area contributed by atoms with Gasteiger partial charge in [-0.05, 0) is 36.7 Å². The van der Waals surface area contributed by atoms with Crippen molar-refractivity contribution >= 4 is 0 Å². The van der Waals surface area contributed by atoms with Crippen molar-refractivity contribution in [2.45, 2.75) is 25.0 Å². The highest BCUT2D eigenvalue weighted by atomic mass is 16.5. The number of nitrogens with one attached hydrogen (secondary N) is 1. The fourth-order valence-corrected chi connectivity index (χ4v) is 3.27. The van der Waals surface area contributed by atoms with Crippen molar-refractivity contribution in [1.82, 2.24) is 10.2 Å². The minimum absolute atomic E-state index is 0.487. The molecular weight excluding hydrogens is 272 g/mol. The molecule has 3 heteroatoms. The normalized spacial score (nSPS) is 21.9. The smallest absolute Gasteiger partial charge is 0.118 e. The Morgan fingerprint density at radius 1 is 1.09 bits per heavy atom. The number of hydrogen-bond donors (Lipinski definition) is 1. The molecule has 0 saturated carbocycles. The standard InChI is InChI=1S/C19H24N2O/c1-20-17-12-19(16-6-4-3-5-7-16)21(14-17)13-15-8-10-18(22-2)11-9-15/h3-11,17,19-20H,12-14H2,1-2H3/t17-,19?/m0/s1. The van der Waals surface area contributed by atoms with Gasteiger partial charge in [-0.1, -0.05) is 42.5 Å². The van der Waals surface area contributed by atoms with Gasteiger partial charge < -0.3 is 10.1 Å². The first kappa shape index (κ1) is 15.1. The summed E-state index contributed by atoms with van der Waals surface area (Å²) >= 11 is 0. The van der Waals surface area contributed by atoms with Crippen LogP contribution < -0.4 is 10.1 Å². The average molecular weight is 296 g/mol. The Hall–Kier alpha value is -1.84.